The molecule has 5 heteroatoms. The summed E-state index contributed by atoms with van der Waals surface area (Å²) in [6.45, 7) is 0. The molecule has 2 aromatic rings. The molecular weight excluding hydrogens is 297 g/mol. The largest absolute Gasteiger partial charge is 0.416 e. The summed E-state index contributed by atoms with van der Waals surface area (Å²) >= 11 is 1.53. The van der Waals surface area contributed by atoms with Gasteiger partial charge in [-0.25, -0.2) is 0 Å². The number of carbonyl (C=O) groups is 1. The van der Waals surface area contributed by atoms with Crippen molar-refractivity contribution in [3.05, 3.63) is 56.8 Å². The summed E-state index contributed by atoms with van der Waals surface area (Å²) in [5.41, 5.74) is 1.19. The van der Waals surface area contributed by atoms with Crippen molar-refractivity contribution in [3.63, 3.8) is 0 Å². The average Bonchev–Trinajstić information content (AvgIpc) is 2.98. The summed E-state index contributed by atoms with van der Waals surface area (Å²) in [5, 5.41) is 0. The maximum atomic E-state index is 12.5. The fourth-order valence-corrected chi connectivity index (χ4v) is 3.74. The molecule has 1 aromatic carbocycles. The lowest BCUT2D eigenvalue weighted by Gasteiger charge is -2.07. The maximum Gasteiger partial charge on any atom is 0.416 e. The second kappa shape index (κ2) is 5.30. The number of halogens is 3. The van der Waals surface area contributed by atoms with Crippen molar-refractivity contribution < 1.29 is 18.0 Å². The van der Waals surface area contributed by atoms with E-state index in [4.69, 9.17) is 0 Å². The Hall–Kier alpha value is -1.62. The summed E-state index contributed by atoms with van der Waals surface area (Å²) < 4.78 is 37.4. The molecule has 0 spiro atoms. The van der Waals surface area contributed by atoms with Gasteiger partial charge in [0.15, 0.2) is 5.78 Å². The lowest BCUT2D eigenvalue weighted by atomic mass is 10.1. The minimum absolute atomic E-state index is 0.0193. The number of thiophene rings is 1. The van der Waals surface area contributed by atoms with Crippen LogP contribution in [0.1, 0.15) is 37.7 Å². The summed E-state index contributed by atoms with van der Waals surface area (Å²) in [6, 6.07) is 6.75. The second-order valence-corrected chi connectivity index (χ2v) is 6.34. The molecule has 0 N–H and O–H groups in total. The Morgan fingerprint density at radius 1 is 1.14 bits per heavy atom. The van der Waals surface area contributed by atoms with Crippen LogP contribution >= 0.6 is 11.3 Å². The normalized spacial score (nSPS) is 14.2. The Balaban J connectivity index is 1.72. The number of aryl methyl sites for hydroxylation is 2. The van der Waals surface area contributed by atoms with E-state index in [1.54, 1.807) is 0 Å². The Morgan fingerprint density at radius 2 is 1.86 bits per heavy atom. The van der Waals surface area contributed by atoms with Crippen LogP contribution < -0.4 is 0 Å². The standard InChI is InChI=1S/C16H13F3OS/c17-16(18,19)12-6-4-10(5-7-12)8-13(20)15-9-11-2-1-3-14(11)21-15/h4-7,9H,1-3,8H2. The number of benzene rings is 1. The fraction of sp³-hybridized carbons (Fsp3) is 0.312. The second-order valence-electron chi connectivity index (χ2n) is 5.21. The Kier molecular flexibility index (Phi) is 3.61. The molecule has 0 atom stereocenters. The van der Waals surface area contributed by atoms with Crippen molar-refractivity contribution in [1.82, 2.24) is 0 Å². The number of Topliss-reactive ketones (excluding diaryl/α,β-unsaturated/α-hetero) is 1. The highest BCUT2D eigenvalue weighted by Gasteiger charge is 2.30. The molecule has 1 aliphatic carbocycles. The van der Waals surface area contributed by atoms with Gasteiger partial charge in [-0.05, 0) is 48.6 Å². The third kappa shape index (κ3) is 3.02. The first-order valence-corrected chi connectivity index (χ1v) is 7.56. The number of fused-ring (bicyclic) bond motifs is 1. The van der Waals surface area contributed by atoms with Gasteiger partial charge in [0.05, 0.1) is 10.4 Å². The van der Waals surface area contributed by atoms with E-state index in [1.165, 1.54) is 33.9 Å². The lowest BCUT2D eigenvalue weighted by Crippen LogP contribution is -2.06. The predicted octanol–water partition coefficient (Wildman–Crippen LogP) is 4.68. The van der Waals surface area contributed by atoms with Gasteiger partial charge in [-0.15, -0.1) is 11.3 Å². The van der Waals surface area contributed by atoms with Crippen LogP contribution in [0.4, 0.5) is 13.2 Å². The minimum Gasteiger partial charge on any atom is -0.293 e. The van der Waals surface area contributed by atoms with Gasteiger partial charge in [0.1, 0.15) is 0 Å². The highest BCUT2D eigenvalue weighted by atomic mass is 32.1. The van der Waals surface area contributed by atoms with Crippen LogP contribution in [-0.2, 0) is 25.4 Å². The van der Waals surface area contributed by atoms with Gasteiger partial charge in [0.25, 0.3) is 0 Å². The number of hydrogen-bond donors (Lipinski definition) is 0. The van der Waals surface area contributed by atoms with Crippen LogP contribution in [0.25, 0.3) is 0 Å². The number of carbonyl (C=O) groups excluding carboxylic acids is 1. The van der Waals surface area contributed by atoms with E-state index >= 15 is 0 Å². The average molecular weight is 310 g/mol. The van der Waals surface area contributed by atoms with Gasteiger partial charge >= 0.3 is 6.18 Å². The van der Waals surface area contributed by atoms with E-state index in [0.717, 1.165) is 36.3 Å². The number of hydrogen-bond acceptors (Lipinski definition) is 2. The zero-order valence-corrected chi connectivity index (χ0v) is 12.0. The van der Waals surface area contributed by atoms with Gasteiger partial charge in [-0.2, -0.15) is 13.2 Å². The van der Waals surface area contributed by atoms with Crippen molar-refractivity contribution in [2.24, 2.45) is 0 Å². The van der Waals surface area contributed by atoms with Crippen molar-refractivity contribution in [2.75, 3.05) is 0 Å². The molecule has 1 aromatic heterocycles. The van der Waals surface area contributed by atoms with Gasteiger partial charge in [-0.1, -0.05) is 12.1 Å². The smallest absolute Gasteiger partial charge is 0.293 e. The molecule has 0 bridgehead atoms. The molecule has 0 saturated carbocycles. The van der Waals surface area contributed by atoms with Crippen molar-refractivity contribution in [3.8, 4) is 0 Å². The van der Waals surface area contributed by atoms with E-state index in [1.807, 2.05) is 6.07 Å². The molecule has 110 valence electrons. The SMILES string of the molecule is O=C(Cc1ccc(C(F)(F)F)cc1)c1cc2c(s1)CCC2. The Bertz CT molecular complexity index is 646. The zero-order chi connectivity index (χ0) is 15.0. The van der Waals surface area contributed by atoms with Gasteiger partial charge in [0.2, 0.25) is 0 Å². The van der Waals surface area contributed by atoms with Crippen LogP contribution in [0.3, 0.4) is 0 Å². The van der Waals surface area contributed by atoms with E-state index < -0.39 is 11.7 Å². The number of ketones is 1. The molecule has 1 aliphatic rings. The molecule has 0 fully saturated rings. The molecule has 1 nitrogen and oxygen atoms in total. The fourth-order valence-electron chi connectivity index (χ4n) is 2.55. The third-order valence-corrected chi connectivity index (χ3v) is 4.95. The van der Waals surface area contributed by atoms with Gasteiger partial charge < -0.3 is 0 Å². The minimum atomic E-state index is -4.34. The van der Waals surface area contributed by atoms with E-state index in [-0.39, 0.29) is 12.2 Å². The molecule has 0 unspecified atom stereocenters. The first-order valence-electron chi connectivity index (χ1n) is 6.74. The summed E-state index contributed by atoms with van der Waals surface area (Å²) in [7, 11) is 0. The van der Waals surface area contributed by atoms with Crippen molar-refractivity contribution >= 4 is 17.1 Å². The topological polar surface area (TPSA) is 17.1 Å². The monoisotopic (exact) mass is 310 g/mol. The Morgan fingerprint density at radius 3 is 2.48 bits per heavy atom. The van der Waals surface area contributed by atoms with Crippen LogP contribution in [-0.4, -0.2) is 5.78 Å². The maximum absolute atomic E-state index is 12.5. The highest BCUT2D eigenvalue weighted by molar-refractivity contribution is 7.14. The zero-order valence-electron chi connectivity index (χ0n) is 11.2. The van der Waals surface area contributed by atoms with Crippen LogP contribution in [0.5, 0.6) is 0 Å². The molecule has 0 aliphatic heterocycles. The summed E-state index contributed by atoms with van der Waals surface area (Å²) in [4.78, 5) is 14.2. The first kappa shape index (κ1) is 14.3. The molecule has 0 saturated heterocycles. The lowest BCUT2D eigenvalue weighted by molar-refractivity contribution is -0.137. The molecule has 1 heterocycles. The number of rotatable bonds is 3. The first-order chi connectivity index (χ1) is 9.93. The molecule has 21 heavy (non-hydrogen) atoms. The summed E-state index contributed by atoms with van der Waals surface area (Å²) in [5.74, 6) is -0.0193. The van der Waals surface area contributed by atoms with Crippen LogP contribution in [0.2, 0.25) is 0 Å². The number of alkyl halides is 3. The van der Waals surface area contributed by atoms with E-state index in [2.05, 4.69) is 0 Å². The molecule has 0 amide bonds. The molecule has 3 rings (SSSR count). The van der Waals surface area contributed by atoms with Crippen molar-refractivity contribution in [1.29, 1.82) is 0 Å². The van der Waals surface area contributed by atoms with E-state index in [9.17, 15) is 18.0 Å². The molecular formula is C16H13F3OS. The van der Waals surface area contributed by atoms with Crippen molar-refractivity contribution in [2.45, 2.75) is 31.9 Å². The van der Waals surface area contributed by atoms with E-state index in [0.29, 0.717) is 5.56 Å². The van der Waals surface area contributed by atoms with Crippen LogP contribution in [0.15, 0.2) is 30.3 Å². The highest BCUT2D eigenvalue weighted by Crippen LogP contribution is 2.32. The Labute approximate surface area is 124 Å². The summed E-state index contributed by atoms with van der Waals surface area (Å²) in [6.07, 6.45) is -0.976. The van der Waals surface area contributed by atoms with Gasteiger partial charge in [0, 0.05) is 11.3 Å². The third-order valence-electron chi connectivity index (χ3n) is 3.67. The predicted molar refractivity (Wildman–Crippen MR) is 75.8 cm³/mol. The van der Waals surface area contributed by atoms with Crippen LogP contribution in [0, 0.1) is 0 Å². The van der Waals surface area contributed by atoms with Gasteiger partial charge in [-0.3, -0.25) is 4.79 Å². The quantitative estimate of drug-likeness (QED) is 0.752. The molecule has 0 radical (unpaired) electrons.